The molecule has 0 unspecified atom stereocenters. The third kappa shape index (κ3) is 3.45. The van der Waals surface area contributed by atoms with Crippen LogP contribution in [0.2, 0.25) is 0 Å². The number of aromatic carboxylic acids is 1. The van der Waals surface area contributed by atoms with Crippen molar-refractivity contribution in [2.75, 3.05) is 13.6 Å². The molecule has 0 radical (unpaired) electrons. The van der Waals surface area contributed by atoms with Gasteiger partial charge in [-0.1, -0.05) is 6.08 Å². The van der Waals surface area contributed by atoms with Crippen LogP contribution in [0.5, 0.6) is 0 Å². The number of nitrogens with zero attached hydrogens (tertiary/aromatic N) is 1. The van der Waals surface area contributed by atoms with Crippen LogP contribution in [-0.4, -0.2) is 37.4 Å². The molecule has 1 N–H and O–H groups in total. The Labute approximate surface area is 112 Å². The zero-order valence-electron chi connectivity index (χ0n) is 10.9. The van der Waals surface area contributed by atoms with Crippen LogP contribution in [0.15, 0.2) is 28.0 Å². The molecule has 0 amide bonds. The van der Waals surface area contributed by atoms with Gasteiger partial charge in [-0.2, -0.15) is 0 Å². The van der Waals surface area contributed by atoms with E-state index in [-0.39, 0.29) is 16.4 Å². The number of carbonyl (C=O) groups is 1. The maximum absolute atomic E-state index is 12.2. The van der Waals surface area contributed by atoms with Crippen molar-refractivity contribution >= 4 is 16.0 Å². The quantitative estimate of drug-likeness (QED) is 0.611. The SMILES string of the molecule is C=CCCCN(C)S(=O)(=O)c1cc(C(=O)O)oc1C. The fourth-order valence-electron chi connectivity index (χ4n) is 1.57. The van der Waals surface area contributed by atoms with Crippen LogP contribution >= 0.6 is 0 Å². The van der Waals surface area contributed by atoms with Gasteiger partial charge in [-0.15, -0.1) is 6.58 Å². The van der Waals surface area contributed by atoms with E-state index in [1.165, 1.54) is 18.3 Å². The van der Waals surface area contributed by atoms with Gasteiger partial charge in [0.05, 0.1) is 0 Å². The lowest BCUT2D eigenvalue weighted by molar-refractivity contribution is 0.0661. The van der Waals surface area contributed by atoms with Gasteiger partial charge >= 0.3 is 5.97 Å². The van der Waals surface area contributed by atoms with Gasteiger partial charge in [-0.3, -0.25) is 0 Å². The fraction of sp³-hybridized carbons (Fsp3) is 0.417. The summed E-state index contributed by atoms with van der Waals surface area (Å²) in [6.07, 6.45) is 3.08. The summed E-state index contributed by atoms with van der Waals surface area (Å²) in [5.74, 6) is -1.60. The van der Waals surface area contributed by atoms with Crippen LogP contribution in [0.3, 0.4) is 0 Å². The number of furan rings is 1. The molecule has 1 rings (SSSR count). The first-order valence-electron chi connectivity index (χ1n) is 5.71. The van der Waals surface area contributed by atoms with Crippen molar-refractivity contribution < 1.29 is 22.7 Å². The Morgan fingerprint density at radius 3 is 2.68 bits per heavy atom. The van der Waals surface area contributed by atoms with Crippen molar-refractivity contribution in [2.45, 2.75) is 24.7 Å². The van der Waals surface area contributed by atoms with Gasteiger partial charge in [0.25, 0.3) is 0 Å². The van der Waals surface area contributed by atoms with Gasteiger partial charge in [0.15, 0.2) is 0 Å². The number of hydrogen-bond acceptors (Lipinski definition) is 4. The fourth-order valence-corrected chi connectivity index (χ4v) is 2.94. The molecule has 1 aromatic rings. The average Bonchev–Trinajstić information content (AvgIpc) is 2.72. The van der Waals surface area contributed by atoms with Crippen molar-refractivity contribution in [3.63, 3.8) is 0 Å². The maximum atomic E-state index is 12.2. The molecule has 7 heteroatoms. The summed E-state index contributed by atoms with van der Waals surface area (Å²) in [5, 5.41) is 8.79. The number of sulfonamides is 1. The molecular weight excluding hydrogens is 270 g/mol. The lowest BCUT2D eigenvalue weighted by Gasteiger charge is -2.15. The molecule has 0 bridgehead atoms. The predicted molar refractivity (Wildman–Crippen MR) is 69.7 cm³/mol. The lowest BCUT2D eigenvalue weighted by atomic mass is 10.3. The molecule has 0 aliphatic carbocycles. The highest BCUT2D eigenvalue weighted by Gasteiger charge is 2.27. The summed E-state index contributed by atoms with van der Waals surface area (Å²) in [6.45, 7) is 5.33. The van der Waals surface area contributed by atoms with Crippen LogP contribution in [0.4, 0.5) is 0 Å². The highest BCUT2D eigenvalue weighted by Crippen LogP contribution is 2.23. The molecule has 1 heterocycles. The third-order valence-electron chi connectivity index (χ3n) is 2.65. The van der Waals surface area contributed by atoms with Crippen LogP contribution < -0.4 is 0 Å². The maximum Gasteiger partial charge on any atom is 0.371 e. The molecule has 0 aromatic carbocycles. The molecule has 0 aliphatic rings. The molecule has 0 atom stereocenters. The summed E-state index contributed by atoms with van der Waals surface area (Å²) in [5.41, 5.74) is 0. The first-order chi connectivity index (χ1) is 8.80. The summed E-state index contributed by atoms with van der Waals surface area (Å²) in [4.78, 5) is 10.7. The Kier molecular flexibility index (Phi) is 4.90. The first-order valence-corrected chi connectivity index (χ1v) is 7.15. The van der Waals surface area contributed by atoms with Crippen molar-refractivity contribution in [3.8, 4) is 0 Å². The van der Waals surface area contributed by atoms with E-state index in [1.54, 1.807) is 6.08 Å². The number of unbranched alkanes of at least 4 members (excludes halogenated alkanes) is 1. The summed E-state index contributed by atoms with van der Waals surface area (Å²) in [7, 11) is -2.27. The Bertz CT molecular complexity index is 573. The van der Waals surface area contributed by atoms with Crippen molar-refractivity contribution in [2.24, 2.45) is 0 Å². The van der Waals surface area contributed by atoms with E-state index >= 15 is 0 Å². The van der Waals surface area contributed by atoms with E-state index in [0.717, 1.165) is 6.07 Å². The van der Waals surface area contributed by atoms with Crippen LogP contribution in [-0.2, 0) is 10.0 Å². The van der Waals surface area contributed by atoms with E-state index in [2.05, 4.69) is 6.58 Å². The van der Waals surface area contributed by atoms with Crippen molar-refractivity contribution in [3.05, 3.63) is 30.2 Å². The second-order valence-electron chi connectivity index (χ2n) is 4.09. The highest BCUT2D eigenvalue weighted by molar-refractivity contribution is 7.89. The van der Waals surface area contributed by atoms with E-state index < -0.39 is 16.0 Å². The largest absolute Gasteiger partial charge is 0.475 e. The normalized spacial score (nSPS) is 11.7. The van der Waals surface area contributed by atoms with Gasteiger partial charge in [0, 0.05) is 19.7 Å². The van der Waals surface area contributed by atoms with E-state index in [1.807, 2.05) is 0 Å². The average molecular weight is 287 g/mol. The number of carboxylic acids is 1. The number of hydrogen-bond donors (Lipinski definition) is 1. The number of carboxylic acid groups (broad SMARTS) is 1. The molecule has 19 heavy (non-hydrogen) atoms. The van der Waals surface area contributed by atoms with Crippen molar-refractivity contribution in [1.82, 2.24) is 4.31 Å². The molecule has 0 spiro atoms. The van der Waals surface area contributed by atoms with Gasteiger partial charge < -0.3 is 9.52 Å². The molecule has 0 saturated carbocycles. The van der Waals surface area contributed by atoms with E-state index in [4.69, 9.17) is 9.52 Å². The minimum Gasteiger partial charge on any atom is -0.475 e. The zero-order valence-corrected chi connectivity index (χ0v) is 11.7. The Hall–Kier alpha value is -1.60. The monoisotopic (exact) mass is 287 g/mol. The summed E-state index contributed by atoms with van der Waals surface area (Å²) < 4.78 is 30.6. The van der Waals surface area contributed by atoms with Crippen LogP contribution in [0.25, 0.3) is 0 Å². The molecule has 106 valence electrons. The second-order valence-corrected chi connectivity index (χ2v) is 6.11. The topological polar surface area (TPSA) is 87.8 Å². The number of allylic oxidation sites excluding steroid dienone is 1. The molecule has 0 saturated heterocycles. The predicted octanol–water partition coefficient (Wildman–Crippen LogP) is 1.87. The van der Waals surface area contributed by atoms with Gasteiger partial charge in [-0.25, -0.2) is 17.5 Å². The molecular formula is C12H17NO5S. The Morgan fingerprint density at radius 1 is 1.58 bits per heavy atom. The van der Waals surface area contributed by atoms with Crippen LogP contribution in [0, 0.1) is 6.92 Å². The summed E-state index contributed by atoms with van der Waals surface area (Å²) >= 11 is 0. The summed E-state index contributed by atoms with van der Waals surface area (Å²) in [6, 6.07) is 1.04. The van der Waals surface area contributed by atoms with Crippen LogP contribution in [0.1, 0.15) is 29.2 Å². The van der Waals surface area contributed by atoms with E-state index in [0.29, 0.717) is 19.4 Å². The molecule has 0 fully saturated rings. The Morgan fingerprint density at radius 2 is 2.21 bits per heavy atom. The van der Waals surface area contributed by atoms with E-state index in [9.17, 15) is 13.2 Å². The van der Waals surface area contributed by atoms with Gasteiger partial charge in [-0.05, 0) is 19.8 Å². The van der Waals surface area contributed by atoms with Crippen molar-refractivity contribution in [1.29, 1.82) is 0 Å². The third-order valence-corrected chi connectivity index (χ3v) is 4.62. The van der Waals surface area contributed by atoms with Gasteiger partial charge in [0.1, 0.15) is 10.7 Å². The molecule has 0 aliphatic heterocycles. The molecule has 1 aromatic heterocycles. The van der Waals surface area contributed by atoms with Gasteiger partial charge in [0.2, 0.25) is 15.8 Å². The number of aryl methyl sites for hydroxylation is 1. The number of rotatable bonds is 7. The lowest BCUT2D eigenvalue weighted by Crippen LogP contribution is -2.28. The Balaban J connectivity index is 2.99. The zero-order chi connectivity index (χ0) is 14.6. The minimum absolute atomic E-state index is 0.0768. The highest BCUT2D eigenvalue weighted by atomic mass is 32.2. The molecule has 6 nitrogen and oxygen atoms in total. The standard InChI is InChI=1S/C12H17NO5S/c1-4-5-6-7-13(3)19(16,17)11-8-10(12(14)15)18-9(11)2/h4,8H,1,5-7H2,2-3H3,(H,14,15). The first kappa shape index (κ1) is 15.5. The second kappa shape index (κ2) is 6.03. The minimum atomic E-state index is -3.72. The smallest absolute Gasteiger partial charge is 0.371 e.